The van der Waals surface area contributed by atoms with Crippen LogP contribution in [-0.4, -0.2) is 14.1 Å². The van der Waals surface area contributed by atoms with E-state index in [0.717, 1.165) is 44.7 Å². The van der Waals surface area contributed by atoms with Crippen molar-refractivity contribution >= 4 is 43.6 Å². The fourth-order valence-electron chi connectivity index (χ4n) is 6.06. The number of nitriles is 1. The Morgan fingerprint density at radius 1 is 0.525 bits per heavy atom. The van der Waals surface area contributed by atoms with Crippen LogP contribution < -0.4 is 0 Å². The van der Waals surface area contributed by atoms with Crippen LogP contribution in [-0.2, 0) is 0 Å². The highest BCUT2D eigenvalue weighted by atomic mass is 15.1. The Morgan fingerprint density at radius 2 is 1.02 bits per heavy atom. The topological polar surface area (TPSA) is 46.5 Å². The molecule has 40 heavy (non-hydrogen) atoms. The first kappa shape index (κ1) is 22.3. The van der Waals surface area contributed by atoms with Crippen LogP contribution in [0.3, 0.4) is 0 Å². The predicted octanol–water partition coefficient (Wildman–Crippen LogP) is 8.81. The van der Waals surface area contributed by atoms with Crippen molar-refractivity contribution in [1.29, 1.82) is 5.26 Å². The lowest BCUT2D eigenvalue weighted by molar-refractivity contribution is 1.08. The highest BCUT2D eigenvalue weighted by Gasteiger charge is 2.16. The van der Waals surface area contributed by atoms with Gasteiger partial charge in [-0.2, -0.15) is 5.26 Å². The Hall–Kier alpha value is -5.66. The molecule has 4 heteroatoms. The van der Waals surface area contributed by atoms with E-state index in [1.54, 1.807) is 0 Å². The number of hydrogen-bond donors (Lipinski definition) is 0. The van der Waals surface area contributed by atoms with Gasteiger partial charge >= 0.3 is 0 Å². The second-order valence-corrected chi connectivity index (χ2v) is 9.99. The Morgan fingerprint density at radius 3 is 1.50 bits per heavy atom. The standard InChI is InChI=1S/C36H22N4/c37-22-24-17-19-26(39-32-13-5-1-9-27(32)28-10-2-6-14-33(28)39)21-31(24)25-18-20-36(38-23-25)40-34-15-7-3-11-29(34)30-12-4-8-16-35(30)40/h1-21,23H. The van der Waals surface area contributed by atoms with Crippen LogP contribution in [0.4, 0.5) is 0 Å². The first-order valence-electron chi connectivity index (χ1n) is 13.3. The fraction of sp³-hybridized carbons (Fsp3) is 0. The third-order valence-electron chi connectivity index (χ3n) is 7.83. The summed E-state index contributed by atoms with van der Waals surface area (Å²) in [4.78, 5) is 4.91. The third-order valence-corrected chi connectivity index (χ3v) is 7.83. The van der Waals surface area contributed by atoms with Gasteiger partial charge in [-0.1, -0.05) is 72.8 Å². The van der Waals surface area contributed by atoms with Crippen molar-refractivity contribution in [1.82, 2.24) is 14.1 Å². The zero-order valence-electron chi connectivity index (χ0n) is 21.5. The van der Waals surface area contributed by atoms with Crippen LogP contribution in [0.2, 0.25) is 0 Å². The Bertz CT molecular complexity index is 2170. The number of rotatable bonds is 3. The average Bonchev–Trinajstić information content (AvgIpc) is 3.54. The summed E-state index contributed by atoms with van der Waals surface area (Å²) in [5, 5.41) is 14.8. The molecule has 3 heterocycles. The maximum atomic E-state index is 10.0. The normalized spacial score (nSPS) is 11.5. The molecular formula is C36H22N4. The monoisotopic (exact) mass is 510 g/mol. The van der Waals surface area contributed by atoms with E-state index in [0.29, 0.717) is 5.56 Å². The second-order valence-electron chi connectivity index (χ2n) is 9.99. The molecule has 8 rings (SSSR count). The number of hydrogen-bond acceptors (Lipinski definition) is 2. The molecule has 186 valence electrons. The summed E-state index contributed by atoms with van der Waals surface area (Å²) in [6.45, 7) is 0. The highest BCUT2D eigenvalue weighted by molar-refractivity contribution is 6.10. The van der Waals surface area contributed by atoms with Gasteiger partial charge in [-0.05, 0) is 54.6 Å². The molecule has 3 aromatic heterocycles. The van der Waals surface area contributed by atoms with Crippen molar-refractivity contribution in [3.8, 4) is 28.7 Å². The van der Waals surface area contributed by atoms with E-state index < -0.39 is 0 Å². The quantitative estimate of drug-likeness (QED) is 0.238. The van der Waals surface area contributed by atoms with Gasteiger partial charge in [-0.15, -0.1) is 0 Å². The molecule has 0 aliphatic carbocycles. The van der Waals surface area contributed by atoms with Crippen molar-refractivity contribution in [3.63, 3.8) is 0 Å². The van der Waals surface area contributed by atoms with Gasteiger partial charge < -0.3 is 4.57 Å². The molecule has 4 nitrogen and oxygen atoms in total. The van der Waals surface area contributed by atoms with E-state index in [4.69, 9.17) is 4.98 Å². The predicted molar refractivity (Wildman–Crippen MR) is 163 cm³/mol. The summed E-state index contributed by atoms with van der Waals surface area (Å²) in [5.41, 5.74) is 7.92. The molecule has 8 aromatic rings. The van der Waals surface area contributed by atoms with Crippen molar-refractivity contribution in [2.24, 2.45) is 0 Å². The van der Waals surface area contributed by atoms with Gasteiger partial charge in [0.1, 0.15) is 5.82 Å². The number of para-hydroxylation sites is 4. The van der Waals surface area contributed by atoms with E-state index in [2.05, 4.69) is 124 Å². The number of pyridine rings is 1. The van der Waals surface area contributed by atoms with E-state index >= 15 is 0 Å². The summed E-state index contributed by atoms with van der Waals surface area (Å²) in [7, 11) is 0. The van der Waals surface area contributed by atoms with Crippen molar-refractivity contribution in [2.45, 2.75) is 0 Å². The SMILES string of the molecule is N#Cc1ccc(-n2c3ccccc3c3ccccc32)cc1-c1ccc(-n2c3ccccc3c3ccccc32)nc1. The summed E-state index contributed by atoms with van der Waals surface area (Å²) < 4.78 is 4.48. The molecule has 0 aliphatic rings. The molecule has 0 saturated heterocycles. The second kappa shape index (κ2) is 8.69. The number of benzene rings is 5. The molecule has 0 amide bonds. The summed E-state index contributed by atoms with van der Waals surface area (Å²) in [6, 6.07) is 46.3. The molecule has 0 atom stereocenters. The first-order valence-corrected chi connectivity index (χ1v) is 13.3. The minimum atomic E-state index is 0.621. The average molecular weight is 511 g/mol. The van der Waals surface area contributed by atoms with Gasteiger partial charge in [0.15, 0.2) is 0 Å². The zero-order valence-corrected chi connectivity index (χ0v) is 21.5. The molecule has 0 spiro atoms. The van der Waals surface area contributed by atoms with E-state index in [1.807, 2.05) is 24.4 Å². The Labute approximate surface area is 230 Å². The molecule has 0 aliphatic heterocycles. The van der Waals surface area contributed by atoms with Crippen LogP contribution >= 0.6 is 0 Å². The Kier molecular flexibility index (Phi) is 4.85. The molecular weight excluding hydrogens is 488 g/mol. The molecule has 0 bridgehead atoms. The third kappa shape index (κ3) is 3.22. The van der Waals surface area contributed by atoms with Crippen LogP contribution in [0.1, 0.15) is 5.56 Å². The molecule has 0 unspecified atom stereocenters. The summed E-state index contributed by atoms with van der Waals surface area (Å²) >= 11 is 0. The lowest BCUT2D eigenvalue weighted by Crippen LogP contribution is -1.98. The largest absolute Gasteiger partial charge is 0.309 e. The van der Waals surface area contributed by atoms with Crippen molar-refractivity contribution < 1.29 is 0 Å². The van der Waals surface area contributed by atoms with Gasteiger partial charge in [0.05, 0.1) is 33.7 Å². The van der Waals surface area contributed by atoms with E-state index in [-0.39, 0.29) is 0 Å². The van der Waals surface area contributed by atoms with Crippen molar-refractivity contribution in [2.75, 3.05) is 0 Å². The number of aromatic nitrogens is 3. The lowest BCUT2D eigenvalue weighted by Gasteiger charge is -2.12. The minimum Gasteiger partial charge on any atom is -0.309 e. The maximum Gasteiger partial charge on any atom is 0.137 e. The van der Waals surface area contributed by atoms with E-state index in [1.165, 1.54) is 21.5 Å². The summed E-state index contributed by atoms with van der Waals surface area (Å²) in [5.74, 6) is 0.846. The minimum absolute atomic E-state index is 0.621. The molecule has 0 saturated carbocycles. The van der Waals surface area contributed by atoms with Gasteiger partial charge in [0, 0.05) is 44.6 Å². The first-order chi connectivity index (χ1) is 19.8. The summed E-state index contributed by atoms with van der Waals surface area (Å²) in [6.07, 6.45) is 1.88. The number of fused-ring (bicyclic) bond motifs is 6. The van der Waals surface area contributed by atoms with Crippen LogP contribution in [0.15, 0.2) is 134 Å². The van der Waals surface area contributed by atoms with Crippen molar-refractivity contribution in [3.05, 3.63) is 139 Å². The van der Waals surface area contributed by atoms with E-state index in [9.17, 15) is 5.26 Å². The smallest absolute Gasteiger partial charge is 0.137 e. The van der Waals surface area contributed by atoms with Gasteiger partial charge in [0.2, 0.25) is 0 Å². The van der Waals surface area contributed by atoms with Crippen LogP contribution in [0.5, 0.6) is 0 Å². The Balaban J connectivity index is 1.30. The van der Waals surface area contributed by atoms with Gasteiger partial charge in [-0.25, -0.2) is 4.98 Å². The maximum absolute atomic E-state index is 10.0. The molecule has 5 aromatic carbocycles. The highest BCUT2D eigenvalue weighted by Crippen LogP contribution is 2.35. The molecule has 0 fully saturated rings. The van der Waals surface area contributed by atoms with Gasteiger partial charge in [-0.3, -0.25) is 4.57 Å². The number of nitrogens with zero attached hydrogens (tertiary/aromatic N) is 4. The van der Waals surface area contributed by atoms with Crippen LogP contribution in [0, 0.1) is 11.3 Å². The molecule has 0 radical (unpaired) electrons. The van der Waals surface area contributed by atoms with Crippen LogP contribution in [0.25, 0.3) is 66.2 Å². The lowest BCUT2D eigenvalue weighted by atomic mass is 10.0. The molecule has 0 N–H and O–H groups in total. The van der Waals surface area contributed by atoms with Gasteiger partial charge in [0.25, 0.3) is 0 Å². The zero-order chi connectivity index (χ0) is 26.6. The fourth-order valence-corrected chi connectivity index (χ4v) is 6.06.